The van der Waals surface area contributed by atoms with E-state index in [1.165, 1.54) is 0 Å². The molecular weight excluding hydrogens is 893 g/mol. The molecule has 0 spiro atoms. The number of fused-ring (bicyclic) bond motifs is 1. The lowest BCUT2D eigenvalue weighted by Gasteiger charge is -2.29. The minimum absolute atomic E-state index is 0.227. The minimum atomic E-state index is -1.33. The van der Waals surface area contributed by atoms with E-state index >= 15 is 0 Å². The zero-order chi connectivity index (χ0) is 49.2. The zero-order valence-corrected chi connectivity index (χ0v) is 44.8. The Morgan fingerprint density at radius 3 is 1.56 bits per heavy atom. The third-order valence-corrected chi connectivity index (χ3v) is 15.6. The molecule has 2 amide bonds. The monoisotopic (exact) mass is 967 g/mol. The van der Waals surface area contributed by atoms with Gasteiger partial charge in [-0.1, -0.05) is 69.6 Å². The first-order valence-corrected chi connectivity index (χ1v) is 31.6. The molecule has 2 unspecified atom stereocenters. The molecular formula is C51H74N8O7Si2. The van der Waals surface area contributed by atoms with Crippen LogP contribution >= 0.6 is 0 Å². The molecule has 0 aliphatic carbocycles. The standard InChI is InChI=1S/C51H74N8O7Si2/c1-50(2,3)65-48(60)56-24-14-16-40(56)45-52-31-42(58(45)33-63-26-28-67(8,9)10)35-18-20-36(21-19-35)44-54-39-23-22-37(30-38(39)47(55-44)62-7)43-32-53-46(59(43)34-64-27-29-68(11,12)13)41-17-15-25-57(41)49(61)66-51(4,5)6/h18-23,30-32,40-41H,14-17,24-29,33-34H2,1-13H3. The van der Waals surface area contributed by atoms with Gasteiger partial charge in [-0.25, -0.2) is 24.5 Å². The van der Waals surface area contributed by atoms with Crippen molar-refractivity contribution in [3.63, 3.8) is 0 Å². The first kappa shape index (κ1) is 50.8. The Kier molecular flexibility index (Phi) is 15.3. The van der Waals surface area contributed by atoms with E-state index in [1.54, 1.807) is 16.9 Å². The van der Waals surface area contributed by atoms with Gasteiger partial charge < -0.3 is 32.8 Å². The highest BCUT2D eigenvalue weighted by Gasteiger charge is 2.38. The smallest absolute Gasteiger partial charge is 0.410 e. The lowest BCUT2D eigenvalue weighted by Crippen LogP contribution is -2.37. The molecule has 68 heavy (non-hydrogen) atoms. The lowest BCUT2D eigenvalue weighted by atomic mass is 10.1. The van der Waals surface area contributed by atoms with Crippen molar-refractivity contribution in [3.05, 3.63) is 66.5 Å². The summed E-state index contributed by atoms with van der Waals surface area (Å²) in [5.41, 5.74) is 3.96. The number of carbonyl (C=O) groups is 2. The summed E-state index contributed by atoms with van der Waals surface area (Å²) in [6, 6.07) is 15.8. The number of rotatable bonds is 16. The number of imidazole rings is 2. The minimum Gasteiger partial charge on any atom is -0.480 e. The molecule has 0 N–H and O–H groups in total. The summed E-state index contributed by atoms with van der Waals surface area (Å²) in [7, 11) is -1.02. The van der Waals surface area contributed by atoms with Crippen LogP contribution < -0.4 is 4.74 Å². The van der Waals surface area contributed by atoms with Crippen molar-refractivity contribution in [1.29, 1.82) is 0 Å². The van der Waals surface area contributed by atoms with Gasteiger partial charge in [0.25, 0.3) is 0 Å². The second-order valence-electron chi connectivity index (χ2n) is 22.6. The number of amides is 2. The van der Waals surface area contributed by atoms with Crippen LogP contribution in [0.3, 0.4) is 0 Å². The number of hydrogen-bond donors (Lipinski definition) is 0. The number of nitrogens with zero attached hydrogens (tertiary/aromatic N) is 8. The maximum atomic E-state index is 13.4. The van der Waals surface area contributed by atoms with Crippen LogP contribution in [0.15, 0.2) is 54.9 Å². The molecule has 2 atom stereocenters. The largest absolute Gasteiger partial charge is 0.480 e. The number of ether oxygens (including phenoxy) is 5. The molecule has 368 valence electrons. The molecule has 2 aromatic carbocycles. The first-order valence-electron chi connectivity index (χ1n) is 24.2. The predicted octanol–water partition coefficient (Wildman–Crippen LogP) is 11.8. The molecule has 2 saturated heterocycles. The van der Waals surface area contributed by atoms with Gasteiger partial charge in [0.05, 0.1) is 53.9 Å². The fourth-order valence-corrected chi connectivity index (χ4v) is 10.1. The Balaban J connectivity index is 1.18. The van der Waals surface area contributed by atoms with E-state index in [0.29, 0.717) is 51.5 Å². The van der Waals surface area contributed by atoms with Crippen LogP contribution in [0, 0.1) is 0 Å². The molecule has 2 fully saturated rings. The van der Waals surface area contributed by atoms with Gasteiger partial charge in [0.1, 0.15) is 36.3 Å². The molecule has 0 bridgehead atoms. The van der Waals surface area contributed by atoms with Crippen molar-refractivity contribution in [3.8, 4) is 39.8 Å². The van der Waals surface area contributed by atoms with Gasteiger partial charge in [-0.2, -0.15) is 4.98 Å². The lowest BCUT2D eigenvalue weighted by molar-refractivity contribution is 0.0195. The van der Waals surface area contributed by atoms with Crippen LogP contribution in [0.2, 0.25) is 51.4 Å². The van der Waals surface area contributed by atoms with Crippen molar-refractivity contribution in [2.75, 3.05) is 33.4 Å². The van der Waals surface area contributed by atoms with Crippen molar-refractivity contribution in [1.82, 2.24) is 38.9 Å². The second-order valence-corrected chi connectivity index (χ2v) is 33.8. The van der Waals surface area contributed by atoms with Gasteiger partial charge in [-0.3, -0.25) is 9.80 Å². The van der Waals surface area contributed by atoms with Crippen molar-refractivity contribution in [2.45, 2.75) is 155 Å². The van der Waals surface area contributed by atoms with Crippen LogP contribution in [-0.4, -0.2) is 112 Å². The van der Waals surface area contributed by atoms with Gasteiger partial charge >= 0.3 is 12.2 Å². The third kappa shape index (κ3) is 12.6. The second kappa shape index (κ2) is 20.5. The maximum Gasteiger partial charge on any atom is 0.410 e. The van der Waals surface area contributed by atoms with E-state index in [4.69, 9.17) is 43.6 Å². The zero-order valence-electron chi connectivity index (χ0n) is 42.8. The number of carbonyl (C=O) groups excluding carboxylic acids is 2. The molecule has 7 rings (SSSR count). The van der Waals surface area contributed by atoms with Gasteiger partial charge in [0, 0.05) is 53.6 Å². The SMILES string of the molecule is COc1nc(-c2ccc(-c3cnc(C4CCCN4C(=O)OC(C)(C)C)n3COCC[Si](C)(C)C)cc2)nc2ccc(-c3cnc(C4CCCN4C(=O)OC(C)(C)C)n3COCC[Si](C)(C)C)cc12. The Labute approximate surface area is 404 Å². The number of hydrogen-bond acceptors (Lipinski definition) is 11. The third-order valence-electron chi connectivity index (χ3n) is 12.2. The van der Waals surface area contributed by atoms with Crippen LogP contribution in [0.25, 0.3) is 44.8 Å². The predicted molar refractivity (Wildman–Crippen MR) is 272 cm³/mol. The van der Waals surface area contributed by atoms with Crippen LogP contribution in [-0.2, 0) is 32.4 Å². The number of benzene rings is 2. The summed E-state index contributed by atoms with van der Waals surface area (Å²) < 4.78 is 34.5. The van der Waals surface area contributed by atoms with E-state index in [-0.39, 0.29) is 24.3 Å². The van der Waals surface area contributed by atoms with Crippen molar-refractivity contribution < 1.29 is 33.3 Å². The molecule has 2 aliphatic rings. The Morgan fingerprint density at radius 2 is 1.10 bits per heavy atom. The van der Waals surface area contributed by atoms with E-state index < -0.39 is 27.3 Å². The van der Waals surface area contributed by atoms with Gasteiger partial charge in [0.15, 0.2) is 5.82 Å². The summed E-state index contributed by atoms with van der Waals surface area (Å²) in [6.07, 6.45) is 6.38. The number of likely N-dealkylation sites (tertiary alicyclic amines) is 2. The van der Waals surface area contributed by atoms with E-state index in [2.05, 4.69) is 60.5 Å². The highest BCUT2D eigenvalue weighted by atomic mass is 28.3. The molecule has 0 saturated carbocycles. The Bertz CT molecular complexity index is 2550. The average molecular weight is 967 g/mol. The molecule has 2 aliphatic heterocycles. The molecule has 3 aromatic heterocycles. The first-order chi connectivity index (χ1) is 32.0. The van der Waals surface area contributed by atoms with Crippen LogP contribution in [0.5, 0.6) is 5.88 Å². The quantitative estimate of drug-likeness (QED) is 0.0687. The molecule has 17 heteroatoms. The average Bonchev–Trinajstić information content (AvgIpc) is 4.08. The Morgan fingerprint density at radius 1 is 0.647 bits per heavy atom. The van der Waals surface area contributed by atoms with E-state index in [1.807, 2.05) is 84.3 Å². The number of methoxy groups -OCH3 is 1. The summed E-state index contributed by atoms with van der Waals surface area (Å²) >= 11 is 0. The topological polar surface area (TPSA) is 148 Å². The van der Waals surface area contributed by atoms with Gasteiger partial charge in [-0.15, -0.1) is 0 Å². The van der Waals surface area contributed by atoms with E-state index in [0.717, 1.165) is 88.4 Å². The number of aromatic nitrogens is 6. The highest BCUT2D eigenvalue weighted by Crippen LogP contribution is 2.38. The fourth-order valence-electron chi connectivity index (χ4n) is 8.60. The summed E-state index contributed by atoms with van der Waals surface area (Å²) in [5, 5.41) is 0.758. The summed E-state index contributed by atoms with van der Waals surface area (Å²) in [4.78, 5) is 50.3. The summed E-state index contributed by atoms with van der Waals surface area (Å²) in [6.45, 7) is 28.5. The van der Waals surface area contributed by atoms with E-state index in [9.17, 15) is 9.59 Å². The fraction of sp³-hybridized carbons (Fsp3) is 0.569. The normalized spacial score (nSPS) is 17.1. The molecule has 15 nitrogen and oxygen atoms in total. The molecule has 5 heterocycles. The molecule has 5 aromatic rings. The van der Waals surface area contributed by atoms with Gasteiger partial charge in [-0.05, 0) is 97.0 Å². The van der Waals surface area contributed by atoms with Gasteiger partial charge in [0.2, 0.25) is 5.88 Å². The molecule has 0 radical (unpaired) electrons. The summed E-state index contributed by atoms with van der Waals surface area (Å²) in [5.74, 6) is 2.54. The van der Waals surface area contributed by atoms with Crippen molar-refractivity contribution in [2.24, 2.45) is 0 Å². The Hall–Kier alpha value is -5.11. The van der Waals surface area contributed by atoms with Crippen LogP contribution in [0.4, 0.5) is 9.59 Å². The highest BCUT2D eigenvalue weighted by molar-refractivity contribution is 6.76. The maximum absolute atomic E-state index is 13.4. The van der Waals surface area contributed by atoms with Crippen molar-refractivity contribution >= 4 is 39.2 Å². The van der Waals surface area contributed by atoms with Crippen LogP contribution in [0.1, 0.15) is 91.0 Å².